The van der Waals surface area contributed by atoms with Crippen molar-refractivity contribution in [3.63, 3.8) is 0 Å². The van der Waals surface area contributed by atoms with Gasteiger partial charge in [-0.15, -0.1) is 0 Å². The summed E-state index contributed by atoms with van der Waals surface area (Å²) in [5, 5.41) is 2.43. The molecule has 0 bridgehead atoms. The first-order chi connectivity index (χ1) is 8.59. The van der Waals surface area contributed by atoms with E-state index in [4.69, 9.17) is 5.73 Å². The lowest BCUT2D eigenvalue weighted by Crippen LogP contribution is -2.13. The minimum atomic E-state index is -4.63. The molecule has 0 spiro atoms. The normalized spacial score (nSPS) is 12.5. The van der Waals surface area contributed by atoms with Crippen LogP contribution in [-0.2, 0) is 6.18 Å². The highest BCUT2D eigenvalue weighted by atomic mass is 19.4. The van der Waals surface area contributed by atoms with E-state index in [2.05, 4.69) is 10.3 Å². The first-order valence-electron chi connectivity index (χ1n) is 5.23. The molecule has 19 heavy (non-hydrogen) atoms. The Morgan fingerprint density at radius 1 is 1.16 bits per heavy atom. The third-order valence-electron chi connectivity index (χ3n) is 2.18. The minimum absolute atomic E-state index is 0.0555. The first-order valence-corrected chi connectivity index (χ1v) is 5.23. The van der Waals surface area contributed by atoms with Gasteiger partial charge < -0.3 is 11.1 Å². The van der Waals surface area contributed by atoms with Crippen LogP contribution in [-0.4, -0.2) is 17.7 Å². The quantitative estimate of drug-likeness (QED) is 0.659. The van der Waals surface area contributed by atoms with E-state index in [1.165, 1.54) is 0 Å². The molecule has 1 aromatic heterocycles. The molecule has 0 fully saturated rings. The molecule has 0 radical (unpaired) electrons. The molecule has 3 N–H and O–H groups in total. The zero-order valence-electron chi connectivity index (χ0n) is 9.57. The number of rotatable bonds is 4. The molecular weight excluding hydrogens is 276 g/mol. The fourth-order valence-corrected chi connectivity index (χ4v) is 1.29. The van der Waals surface area contributed by atoms with E-state index in [1.807, 2.05) is 0 Å². The van der Waals surface area contributed by atoms with Crippen LogP contribution in [0.5, 0.6) is 0 Å². The van der Waals surface area contributed by atoms with Gasteiger partial charge in [0, 0.05) is 13.0 Å². The summed E-state index contributed by atoms with van der Waals surface area (Å²) in [6, 6.07) is 0.670. The van der Waals surface area contributed by atoms with Crippen LogP contribution in [0.15, 0.2) is 12.3 Å². The highest BCUT2D eigenvalue weighted by Gasteiger charge is 2.33. The fraction of sp³-hybridized carbons (Fsp3) is 0.500. The van der Waals surface area contributed by atoms with E-state index in [0.717, 1.165) is 6.20 Å². The van der Waals surface area contributed by atoms with Gasteiger partial charge in [0.05, 0.1) is 17.6 Å². The summed E-state index contributed by atoms with van der Waals surface area (Å²) in [5.74, 6) is 0. The van der Waals surface area contributed by atoms with Gasteiger partial charge in [-0.05, 0) is 12.5 Å². The molecule has 0 aliphatic rings. The summed E-state index contributed by atoms with van der Waals surface area (Å²) in [6.07, 6.45) is -9.38. The predicted molar refractivity (Wildman–Crippen MR) is 57.4 cm³/mol. The monoisotopic (exact) mass is 287 g/mol. The standard InChI is InChI=1S/C10H11F6N3/c11-9(12,13)2-1-3-18-7-4-8(10(14,15)16)19-5-6(7)17/h4-5H,1-3,17H2,(H,18,19). The van der Waals surface area contributed by atoms with Crippen molar-refractivity contribution in [3.8, 4) is 0 Å². The molecule has 1 aromatic rings. The van der Waals surface area contributed by atoms with Gasteiger partial charge in [-0.1, -0.05) is 0 Å². The fourth-order valence-electron chi connectivity index (χ4n) is 1.29. The maximum Gasteiger partial charge on any atom is 0.433 e. The zero-order chi connectivity index (χ0) is 14.7. The van der Waals surface area contributed by atoms with Crippen molar-refractivity contribution < 1.29 is 26.3 Å². The van der Waals surface area contributed by atoms with Crippen LogP contribution in [0.2, 0.25) is 0 Å². The van der Waals surface area contributed by atoms with Crippen LogP contribution >= 0.6 is 0 Å². The highest BCUT2D eigenvalue weighted by Crippen LogP contribution is 2.31. The summed E-state index contributed by atoms with van der Waals surface area (Å²) in [6.45, 7) is -0.134. The SMILES string of the molecule is Nc1cnc(C(F)(F)F)cc1NCCCC(F)(F)F. The Balaban J connectivity index is 2.63. The Kier molecular flexibility index (Phi) is 4.48. The number of hydrogen-bond donors (Lipinski definition) is 2. The Morgan fingerprint density at radius 3 is 2.32 bits per heavy atom. The van der Waals surface area contributed by atoms with Crippen LogP contribution in [0.1, 0.15) is 18.5 Å². The van der Waals surface area contributed by atoms with Crippen molar-refractivity contribution in [1.29, 1.82) is 0 Å². The van der Waals surface area contributed by atoms with Gasteiger partial charge in [0.2, 0.25) is 0 Å². The molecule has 1 rings (SSSR count). The summed E-state index contributed by atoms with van der Waals surface area (Å²) in [7, 11) is 0. The lowest BCUT2D eigenvalue weighted by atomic mass is 10.2. The van der Waals surface area contributed by atoms with Gasteiger partial charge in [-0.25, -0.2) is 4.98 Å². The first kappa shape index (κ1) is 15.4. The average molecular weight is 287 g/mol. The molecule has 0 saturated heterocycles. The predicted octanol–water partition coefficient (Wildman–Crippen LogP) is 3.44. The van der Waals surface area contributed by atoms with E-state index in [1.54, 1.807) is 0 Å². The minimum Gasteiger partial charge on any atom is -0.396 e. The molecule has 108 valence electrons. The van der Waals surface area contributed by atoms with Crippen molar-refractivity contribution in [2.24, 2.45) is 0 Å². The Morgan fingerprint density at radius 2 is 1.79 bits per heavy atom. The number of nitrogen functional groups attached to an aromatic ring is 1. The number of pyridine rings is 1. The molecule has 0 aliphatic heterocycles. The van der Waals surface area contributed by atoms with Crippen molar-refractivity contribution in [2.75, 3.05) is 17.6 Å². The second-order valence-electron chi connectivity index (χ2n) is 3.80. The van der Waals surface area contributed by atoms with Gasteiger partial charge >= 0.3 is 12.4 Å². The van der Waals surface area contributed by atoms with Gasteiger partial charge in [0.1, 0.15) is 5.69 Å². The van der Waals surface area contributed by atoms with Crippen LogP contribution in [0.25, 0.3) is 0 Å². The van der Waals surface area contributed by atoms with E-state index < -0.39 is 24.5 Å². The van der Waals surface area contributed by atoms with Gasteiger partial charge in [0.15, 0.2) is 0 Å². The average Bonchev–Trinajstić information content (AvgIpc) is 2.23. The van der Waals surface area contributed by atoms with Gasteiger partial charge in [-0.3, -0.25) is 0 Å². The number of anilines is 2. The van der Waals surface area contributed by atoms with E-state index in [0.29, 0.717) is 6.07 Å². The Hall–Kier alpha value is -1.67. The maximum atomic E-state index is 12.4. The second kappa shape index (κ2) is 5.54. The molecule has 0 amide bonds. The largest absolute Gasteiger partial charge is 0.433 e. The van der Waals surface area contributed by atoms with Crippen molar-refractivity contribution >= 4 is 11.4 Å². The van der Waals surface area contributed by atoms with Gasteiger partial charge in [-0.2, -0.15) is 26.3 Å². The summed E-state index contributed by atoms with van der Waals surface area (Å²) in [4.78, 5) is 3.11. The molecule has 9 heteroatoms. The van der Waals surface area contributed by atoms with Crippen molar-refractivity contribution in [2.45, 2.75) is 25.2 Å². The Labute approximate surface area is 104 Å². The summed E-state index contributed by atoms with van der Waals surface area (Å²) < 4.78 is 72.7. The second-order valence-corrected chi connectivity index (χ2v) is 3.80. The molecular formula is C10H11F6N3. The topological polar surface area (TPSA) is 50.9 Å². The summed E-state index contributed by atoms with van der Waals surface area (Å²) in [5.41, 5.74) is 4.10. The number of halogens is 6. The molecule has 0 aromatic carbocycles. The maximum absolute atomic E-state index is 12.4. The number of hydrogen-bond acceptors (Lipinski definition) is 3. The number of nitrogens with one attached hydrogen (secondary N) is 1. The lowest BCUT2D eigenvalue weighted by molar-refractivity contribution is -0.141. The molecule has 1 heterocycles. The van der Waals surface area contributed by atoms with Gasteiger partial charge in [0.25, 0.3) is 0 Å². The van der Waals surface area contributed by atoms with E-state index >= 15 is 0 Å². The third-order valence-corrected chi connectivity index (χ3v) is 2.18. The van der Waals surface area contributed by atoms with E-state index in [9.17, 15) is 26.3 Å². The number of nitrogens with two attached hydrogens (primary N) is 1. The van der Waals surface area contributed by atoms with Crippen LogP contribution in [0, 0.1) is 0 Å². The zero-order valence-corrected chi connectivity index (χ0v) is 9.57. The highest BCUT2D eigenvalue weighted by molar-refractivity contribution is 5.65. The molecule has 0 atom stereocenters. The molecule has 0 aliphatic carbocycles. The van der Waals surface area contributed by atoms with Crippen LogP contribution in [0.4, 0.5) is 37.7 Å². The molecule has 3 nitrogen and oxygen atoms in total. The number of aromatic nitrogens is 1. The summed E-state index contributed by atoms with van der Waals surface area (Å²) >= 11 is 0. The van der Waals surface area contributed by atoms with Crippen LogP contribution in [0.3, 0.4) is 0 Å². The van der Waals surface area contributed by atoms with Crippen LogP contribution < -0.4 is 11.1 Å². The molecule has 0 saturated carbocycles. The lowest BCUT2D eigenvalue weighted by Gasteiger charge is -2.12. The van der Waals surface area contributed by atoms with Crippen molar-refractivity contribution in [1.82, 2.24) is 4.98 Å². The smallest absolute Gasteiger partial charge is 0.396 e. The Bertz CT molecular complexity index is 426. The van der Waals surface area contributed by atoms with Crippen molar-refractivity contribution in [3.05, 3.63) is 18.0 Å². The number of alkyl halides is 6. The van der Waals surface area contributed by atoms with E-state index in [-0.39, 0.29) is 24.3 Å². The third kappa shape index (κ3) is 5.23. The molecule has 0 unspecified atom stereocenters. The number of nitrogens with zero attached hydrogens (tertiary/aromatic N) is 1.